The number of rotatable bonds is 3. The summed E-state index contributed by atoms with van der Waals surface area (Å²) in [4.78, 5) is 11.2. The molecule has 1 amide bonds. The van der Waals surface area contributed by atoms with Gasteiger partial charge in [-0.25, -0.2) is 10.2 Å². The molecule has 5 nitrogen and oxygen atoms in total. The Bertz CT molecular complexity index is 349. The van der Waals surface area contributed by atoms with Gasteiger partial charge in [0.1, 0.15) is 5.75 Å². The number of para-hydroxylation sites is 1. The van der Waals surface area contributed by atoms with Crippen molar-refractivity contribution in [3.8, 4) is 5.75 Å². The van der Waals surface area contributed by atoms with E-state index in [-0.39, 0.29) is 0 Å². The van der Waals surface area contributed by atoms with Crippen LogP contribution in [-0.4, -0.2) is 18.3 Å². The third-order valence-corrected chi connectivity index (χ3v) is 1.59. The standard InChI is InChI=1S/C10H13N3O2/c1-8(7-11)12-13-10(14)15-9-5-3-2-4-6-9/h2-6H,7,11H2,1H3,(H,13,14). The molecule has 1 aromatic rings. The van der Waals surface area contributed by atoms with Gasteiger partial charge in [-0.3, -0.25) is 0 Å². The van der Waals surface area contributed by atoms with Gasteiger partial charge in [-0.1, -0.05) is 18.2 Å². The predicted molar refractivity (Wildman–Crippen MR) is 57.8 cm³/mol. The van der Waals surface area contributed by atoms with Crippen molar-refractivity contribution in [3.05, 3.63) is 30.3 Å². The first kappa shape index (κ1) is 11.2. The molecule has 0 atom stereocenters. The van der Waals surface area contributed by atoms with Crippen molar-refractivity contribution < 1.29 is 9.53 Å². The number of benzene rings is 1. The first-order chi connectivity index (χ1) is 7.22. The van der Waals surface area contributed by atoms with Crippen LogP contribution in [0.5, 0.6) is 5.75 Å². The van der Waals surface area contributed by atoms with Crippen LogP contribution in [0.25, 0.3) is 0 Å². The Morgan fingerprint density at radius 1 is 1.47 bits per heavy atom. The van der Waals surface area contributed by atoms with Crippen LogP contribution in [0.4, 0.5) is 4.79 Å². The van der Waals surface area contributed by atoms with Crippen LogP contribution in [0.15, 0.2) is 35.4 Å². The molecule has 0 fully saturated rings. The normalized spacial score (nSPS) is 10.9. The number of nitrogens with one attached hydrogen (secondary N) is 1. The van der Waals surface area contributed by atoms with Gasteiger partial charge in [0.05, 0.1) is 0 Å². The fourth-order valence-corrected chi connectivity index (χ4v) is 0.805. The third kappa shape index (κ3) is 4.24. The molecule has 0 unspecified atom stereocenters. The lowest BCUT2D eigenvalue weighted by Crippen LogP contribution is -2.24. The van der Waals surface area contributed by atoms with Gasteiger partial charge in [0, 0.05) is 12.3 Å². The molecule has 0 bridgehead atoms. The lowest BCUT2D eigenvalue weighted by molar-refractivity contribution is 0.201. The zero-order valence-corrected chi connectivity index (χ0v) is 8.43. The Morgan fingerprint density at radius 2 is 2.13 bits per heavy atom. The lowest BCUT2D eigenvalue weighted by Gasteiger charge is -2.02. The molecule has 0 radical (unpaired) electrons. The fourth-order valence-electron chi connectivity index (χ4n) is 0.805. The van der Waals surface area contributed by atoms with Gasteiger partial charge in [0.25, 0.3) is 0 Å². The van der Waals surface area contributed by atoms with E-state index in [1.807, 2.05) is 6.07 Å². The van der Waals surface area contributed by atoms with E-state index < -0.39 is 6.09 Å². The van der Waals surface area contributed by atoms with Crippen LogP contribution in [0.2, 0.25) is 0 Å². The molecular formula is C10H13N3O2. The second-order valence-electron chi connectivity index (χ2n) is 2.87. The maximum atomic E-state index is 11.2. The van der Waals surface area contributed by atoms with Gasteiger partial charge in [-0.05, 0) is 19.1 Å². The highest BCUT2D eigenvalue weighted by Gasteiger charge is 2.01. The largest absolute Gasteiger partial charge is 0.433 e. The summed E-state index contributed by atoms with van der Waals surface area (Å²) in [6.45, 7) is 2.01. The zero-order valence-electron chi connectivity index (χ0n) is 8.43. The lowest BCUT2D eigenvalue weighted by atomic mass is 10.3. The monoisotopic (exact) mass is 207 g/mol. The average molecular weight is 207 g/mol. The van der Waals surface area contributed by atoms with Crippen molar-refractivity contribution in [2.45, 2.75) is 6.92 Å². The van der Waals surface area contributed by atoms with E-state index in [2.05, 4.69) is 10.5 Å². The van der Waals surface area contributed by atoms with E-state index in [0.29, 0.717) is 18.0 Å². The molecule has 0 aliphatic carbocycles. The molecule has 0 heterocycles. The Hall–Kier alpha value is -1.88. The summed E-state index contributed by atoms with van der Waals surface area (Å²) in [5.74, 6) is 0.468. The number of nitrogens with two attached hydrogens (primary N) is 1. The molecule has 0 aromatic heterocycles. The molecule has 0 spiro atoms. The van der Waals surface area contributed by atoms with Crippen LogP contribution >= 0.6 is 0 Å². The van der Waals surface area contributed by atoms with E-state index in [9.17, 15) is 4.79 Å². The summed E-state index contributed by atoms with van der Waals surface area (Å²) in [5, 5.41) is 3.71. The second-order valence-corrected chi connectivity index (χ2v) is 2.87. The van der Waals surface area contributed by atoms with Crippen LogP contribution < -0.4 is 15.9 Å². The molecule has 0 saturated carbocycles. The molecule has 3 N–H and O–H groups in total. The van der Waals surface area contributed by atoms with Crippen LogP contribution in [0.3, 0.4) is 0 Å². The molecule has 5 heteroatoms. The van der Waals surface area contributed by atoms with E-state index in [0.717, 1.165) is 0 Å². The summed E-state index contributed by atoms with van der Waals surface area (Å²) < 4.78 is 4.91. The number of nitrogens with zero attached hydrogens (tertiary/aromatic N) is 1. The smallest absolute Gasteiger partial charge is 0.409 e. The third-order valence-electron chi connectivity index (χ3n) is 1.59. The van der Waals surface area contributed by atoms with Crippen LogP contribution in [0, 0.1) is 0 Å². The van der Waals surface area contributed by atoms with Gasteiger partial charge >= 0.3 is 6.09 Å². The summed E-state index contributed by atoms with van der Waals surface area (Å²) >= 11 is 0. The minimum absolute atomic E-state index is 0.297. The summed E-state index contributed by atoms with van der Waals surface area (Å²) in [6, 6.07) is 8.74. The highest BCUT2D eigenvalue weighted by molar-refractivity contribution is 5.84. The Kier molecular flexibility index (Phi) is 4.30. The van der Waals surface area contributed by atoms with Gasteiger partial charge in [0.15, 0.2) is 0 Å². The summed E-state index contributed by atoms with van der Waals surface area (Å²) in [5.41, 5.74) is 8.14. The van der Waals surface area contributed by atoms with Crippen molar-refractivity contribution in [1.82, 2.24) is 5.43 Å². The van der Waals surface area contributed by atoms with Crippen LogP contribution in [0.1, 0.15) is 6.92 Å². The fraction of sp³-hybridized carbons (Fsp3) is 0.200. The van der Waals surface area contributed by atoms with Crippen molar-refractivity contribution in [1.29, 1.82) is 0 Å². The number of carbonyl (C=O) groups is 1. The van der Waals surface area contributed by atoms with Crippen molar-refractivity contribution >= 4 is 11.8 Å². The molecule has 0 aliphatic rings. The summed E-state index contributed by atoms with van der Waals surface area (Å²) in [7, 11) is 0. The first-order valence-corrected chi connectivity index (χ1v) is 4.48. The molecule has 1 rings (SSSR count). The second kappa shape index (κ2) is 5.77. The first-order valence-electron chi connectivity index (χ1n) is 4.48. The number of ether oxygens (including phenoxy) is 1. The maximum absolute atomic E-state index is 11.2. The van der Waals surface area contributed by atoms with Crippen LogP contribution in [-0.2, 0) is 0 Å². The molecule has 0 saturated heterocycles. The van der Waals surface area contributed by atoms with E-state index in [1.54, 1.807) is 31.2 Å². The minimum Gasteiger partial charge on any atom is -0.409 e. The Labute approximate surface area is 87.9 Å². The van der Waals surface area contributed by atoms with E-state index in [4.69, 9.17) is 10.5 Å². The van der Waals surface area contributed by atoms with E-state index >= 15 is 0 Å². The highest BCUT2D eigenvalue weighted by atomic mass is 16.6. The predicted octanol–water partition coefficient (Wildman–Crippen LogP) is 1.11. The Balaban J connectivity index is 2.44. The Morgan fingerprint density at radius 3 is 2.73 bits per heavy atom. The van der Waals surface area contributed by atoms with E-state index in [1.165, 1.54) is 0 Å². The SMILES string of the molecule is CC(CN)=NNC(=O)Oc1ccccc1. The summed E-state index contributed by atoms with van der Waals surface area (Å²) in [6.07, 6.45) is -0.631. The number of amides is 1. The van der Waals surface area contributed by atoms with Crippen molar-refractivity contribution in [2.75, 3.05) is 6.54 Å². The molecule has 1 aromatic carbocycles. The van der Waals surface area contributed by atoms with Gasteiger partial charge in [-0.15, -0.1) is 0 Å². The van der Waals surface area contributed by atoms with Crippen molar-refractivity contribution in [3.63, 3.8) is 0 Å². The van der Waals surface area contributed by atoms with Crippen molar-refractivity contribution in [2.24, 2.45) is 10.8 Å². The van der Waals surface area contributed by atoms with Gasteiger partial charge in [0.2, 0.25) is 0 Å². The quantitative estimate of drug-likeness (QED) is 0.575. The number of hydrazone groups is 1. The number of hydrogen-bond acceptors (Lipinski definition) is 4. The molecule has 80 valence electrons. The molecule has 0 aliphatic heterocycles. The van der Waals surface area contributed by atoms with Gasteiger partial charge in [-0.2, -0.15) is 5.10 Å². The molecular weight excluding hydrogens is 194 g/mol. The minimum atomic E-state index is -0.631. The van der Waals surface area contributed by atoms with Gasteiger partial charge < -0.3 is 10.5 Å². The number of carbonyl (C=O) groups excluding carboxylic acids is 1. The number of hydrogen-bond donors (Lipinski definition) is 2. The topological polar surface area (TPSA) is 76.7 Å². The highest BCUT2D eigenvalue weighted by Crippen LogP contribution is 2.07. The maximum Gasteiger partial charge on any atom is 0.433 e. The molecule has 15 heavy (non-hydrogen) atoms. The average Bonchev–Trinajstić information content (AvgIpc) is 2.27. The zero-order chi connectivity index (χ0) is 11.1.